The van der Waals surface area contributed by atoms with Crippen molar-refractivity contribution in [2.24, 2.45) is 11.3 Å². The number of hydrogen-bond donors (Lipinski definition) is 2. The summed E-state index contributed by atoms with van der Waals surface area (Å²) in [6.07, 6.45) is 3.28. The van der Waals surface area contributed by atoms with Gasteiger partial charge < -0.3 is 10.4 Å². The fourth-order valence-electron chi connectivity index (χ4n) is 3.80. The maximum absolute atomic E-state index is 10.2. The van der Waals surface area contributed by atoms with E-state index >= 15 is 0 Å². The molecule has 0 unspecified atom stereocenters. The Morgan fingerprint density at radius 2 is 2.00 bits per heavy atom. The average Bonchev–Trinajstić information content (AvgIpc) is 2.36. The van der Waals surface area contributed by atoms with Gasteiger partial charge in [0.15, 0.2) is 0 Å². The van der Waals surface area contributed by atoms with Crippen LogP contribution >= 0.6 is 0 Å². The highest BCUT2D eigenvalue weighted by Crippen LogP contribution is 2.60. The summed E-state index contributed by atoms with van der Waals surface area (Å²) in [4.78, 5) is 0. The molecule has 14 heavy (non-hydrogen) atoms. The summed E-state index contributed by atoms with van der Waals surface area (Å²) < 4.78 is 0. The van der Waals surface area contributed by atoms with E-state index in [0.29, 0.717) is 12.0 Å². The van der Waals surface area contributed by atoms with E-state index in [0.717, 1.165) is 12.8 Å². The summed E-state index contributed by atoms with van der Waals surface area (Å²) in [5, 5.41) is 13.8. The second-order valence-electron chi connectivity index (χ2n) is 5.98. The molecule has 0 aromatic carbocycles. The molecule has 3 atom stereocenters. The highest BCUT2D eigenvalue weighted by Gasteiger charge is 2.63. The van der Waals surface area contributed by atoms with E-state index in [1.165, 1.54) is 6.42 Å². The Hall–Kier alpha value is -0.0800. The summed E-state index contributed by atoms with van der Waals surface area (Å²) in [5.74, 6) is 0.712. The van der Waals surface area contributed by atoms with Crippen molar-refractivity contribution in [3.05, 3.63) is 0 Å². The maximum Gasteiger partial charge on any atom is 0.0730 e. The van der Waals surface area contributed by atoms with Gasteiger partial charge in [0.2, 0.25) is 0 Å². The van der Waals surface area contributed by atoms with Gasteiger partial charge in [0, 0.05) is 11.6 Å². The lowest BCUT2D eigenvalue weighted by Gasteiger charge is -2.43. The molecule has 2 rings (SSSR count). The Morgan fingerprint density at radius 3 is 2.36 bits per heavy atom. The Morgan fingerprint density at radius 1 is 1.36 bits per heavy atom. The van der Waals surface area contributed by atoms with Crippen molar-refractivity contribution in [2.45, 2.75) is 64.6 Å². The van der Waals surface area contributed by atoms with Gasteiger partial charge in [-0.2, -0.15) is 0 Å². The van der Waals surface area contributed by atoms with Crippen molar-refractivity contribution >= 4 is 0 Å². The Labute approximate surface area is 87.1 Å². The molecule has 2 fully saturated rings. The van der Waals surface area contributed by atoms with Gasteiger partial charge in [-0.3, -0.25) is 0 Å². The smallest absolute Gasteiger partial charge is 0.0730 e. The van der Waals surface area contributed by atoms with Crippen LogP contribution in [-0.4, -0.2) is 22.8 Å². The number of nitrogens with one attached hydrogen (secondary N) is 1. The summed E-state index contributed by atoms with van der Waals surface area (Å²) in [7, 11) is 0. The summed E-state index contributed by atoms with van der Waals surface area (Å²) >= 11 is 0. The molecule has 2 aliphatic carbocycles. The molecular formula is C12H23NO. The molecular weight excluding hydrogens is 174 g/mol. The zero-order valence-corrected chi connectivity index (χ0v) is 9.80. The van der Waals surface area contributed by atoms with Crippen LogP contribution in [0, 0.1) is 11.3 Å². The number of hydrogen-bond acceptors (Lipinski definition) is 2. The fourth-order valence-corrected chi connectivity index (χ4v) is 3.80. The summed E-state index contributed by atoms with van der Waals surface area (Å²) in [6, 6.07) is 0.459. The molecule has 0 aliphatic heterocycles. The molecule has 2 saturated carbocycles. The van der Waals surface area contributed by atoms with Gasteiger partial charge in [0.25, 0.3) is 0 Å². The second-order valence-corrected chi connectivity index (χ2v) is 5.98. The molecule has 2 N–H and O–H groups in total. The van der Waals surface area contributed by atoms with Crippen LogP contribution in [0.2, 0.25) is 0 Å². The average molecular weight is 197 g/mol. The minimum absolute atomic E-state index is 0.00810. The highest BCUT2D eigenvalue weighted by atomic mass is 16.3. The third-order valence-corrected chi connectivity index (χ3v) is 4.68. The van der Waals surface area contributed by atoms with E-state index in [1.807, 2.05) is 0 Å². The van der Waals surface area contributed by atoms with Crippen molar-refractivity contribution in [3.8, 4) is 0 Å². The first-order valence-corrected chi connectivity index (χ1v) is 5.86. The van der Waals surface area contributed by atoms with E-state index in [1.54, 1.807) is 0 Å². The van der Waals surface area contributed by atoms with Gasteiger partial charge in [-0.1, -0.05) is 27.7 Å². The quantitative estimate of drug-likeness (QED) is 0.709. The van der Waals surface area contributed by atoms with Crippen LogP contribution in [0.25, 0.3) is 0 Å². The third kappa shape index (κ3) is 1.10. The Bertz CT molecular complexity index is 236. The molecule has 82 valence electrons. The van der Waals surface area contributed by atoms with Gasteiger partial charge in [-0.15, -0.1) is 0 Å². The van der Waals surface area contributed by atoms with Crippen LogP contribution in [0.1, 0.15) is 47.0 Å². The highest BCUT2D eigenvalue weighted by molar-refractivity contribution is 5.18. The molecule has 2 bridgehead atoms. The van der Waals surface area contributed by atoms with E-state index in [4.69, 9.17) is 0 Å². The van der Waals surface area contributed by atoms with Crippen LogP contribution in [0.15, 0.2) is 0 Å². The first-order valence-electron chi connectivity index (χ1n) is 5.86. The first-order chi connectivity index (χ1) is 6.40. The maximum atomic E-state index is 10.2. The van der Waals surface area contributed by atoms with Crippen molar-refractivity contribution in [1.82, 2.24) is 5.32 Å². The molecule has 0 aromatic rings. The molecule has 2 nitrogen and oxygen atoms in total. The zero-order valence-electron chi connectivity index (χ0n) is 9.80. The molecule has 0 heterocycles. The number of aliphatic hydroxyl groups is 1. The molecule has 0 amide bonds. The topological polar surface area (TPSA) is 32.3 Å². The Balaban J connectivity index is 2.30. The van der Waals surface area contributed by atoms with Crippen molar-refractivity contribution in [2.75, 3.05) is 0 Å². The van der Waals surface area contributed by atoms with E-state index in [-0.39, 0.29) is 17.1 Å². The van der Waals surface area contributed by atoms with Gasteiger partial charge in [0.05, 0.1) is 6.10 Å². The number of rotatable bonds is 2. The molecule has 0 saturated heterocycles. The second kappa shape index (κ2) is 2.96. The predicted molar refractivity (Wildman–Crippen MR) is 58.1 cm³/mol. The van der Waals surface area contributed by atoms with Crippen LogP contribution < -0.4 is 5.32 Å². The molecule has 2 heteroatoms. The normalized spacial score (nSPS) is 45.0. The first kappa shape index (κ1) is 10.4. The van der Waals surface area contributed by atoms with Gasteiger partial charge >= 0.3 is 0 Å². The van der Waals surface area contributed by atoms with Gasteiger partial charge in [-0.05, 0) is 30.6 Å². The zero-order chi connectivity index (χ0) is 10.6. The van der Waals surface area contributed by atoms with Crippen molar-refractivity contribution in [3.63, 3.8) is 0 Å². The summed E-state index contributed by atoms with van der Waals surface area (Å²) in [6.45, 7) is 8.97. The number of fused-ring (bicyclic) bond motifs is 2. The molecule has 2 aliphatic rings. The van der Waals surface area contributed by atoms with E-state index < -0.39 is 0 Å². The van der Waals surface area contributed by atoms with Crippen LogP contribution in [0.4, 0.5) is 0 Å². The lowest BCUT2D eigenvalue weighted by Crippen LogP contribution is -2.59. The van der Waals surface area contributed by atoms with Crippen LogP contribution in [-0.2, 0) is 0 Å². The Kier molecular flexibility index (Phi) is 2.20. The molecule has 0 radical (unpaired) electrons. The SMILES string of the molecule is CC(C)N[C@]12CC[C@H](C[C@H]1O)C2(C)C. The standard InChI is InChI=1S/C12H23NO/c1-8(2)13-12-6-5-9(7-10(12)14)11(12,3)4/h8-10,13-14H,5-7H2,1-4H3/t9-,10-,12-/m1/s1. The lowest BCUT2D eigenvalue weighted by molar-refractivity contribution is 0.0320. The minimum Gasteiger partial charge on any atom is -0.391 e. The molecule has 0 aromatic heterocycles. The lowest BCUT2D eigenvalue weighted by atomic mass is 9.75. The largest absolute Gasteiger partial charge is 0.391 e. The number of aliphatic hydroxyl groups excluding tert-OH is 1. The fraction of sp³-hybridized carbons (Fsp3) is 1.00. The van der Waals surface area contributed by atoms with Crippen LogP contribution in [0.3, 0.4) is 0 Å². The monoisotopic (exact) mass is 197 g/mol. The van der Waals surface area contributed by atoms with E-state index in [9.17, 15) is 5.11 Å². The third-order valence-electron chi connectivity index (χ3n) is 4.68. The van der Waals surface area contributed by atoms with Crippen molar-refractivity contribution in [1.29, 1.82) is 0 Å². The van der Waals surface area contributed by atoms with E-state index in [2.05, 4.69) is 33.0 Å². The van der Waals surface area contributed by atoms with Gasteiger partial charge in [-0.25, -0.2) is 0 Å². The predicted octanol–water partition coefficient (Wildman–Crippen LogP) is 1.92. The van der Waals surface area contributed by atoms with Crippen molar-refractivity contribution < 1.29 is 5.11 Å². The van der Waals surface area contributed by atoms with Crippen LogP contribution in [0.5, 0.6) is 0 Å². The molecule has 0 spiro atoms. The summed E-state index contributed by atoms with van der Waals surface area (Å²) in [5.41, 5.74) is 0.253. The minimum atomic E-state index is -0.140. The van der Waals surface area contributed by atoms with Gasteiger partial charge in [0.1, 0.15) is 0 Å².